The standard InChI is InChI=1S/C27H30N2O2/c30-27(25-12-14-26(15-13-25)31-21-24-6-2-1-3-7-24)28-17-16-22-8-10-23(11-9-22)20-29-18-4-5-19-29/h1-3,6-15H,4-5,16-21H2,(H,28,30). The molecule has 4 heteroatoms. The molecule has 1 amide bonds. The Morgan fingerprint density at radius 1 is 0.806 bits per heavy atom. The van der Waals surface area contributed by atoms with Crippen molar-refractivity contribution in [3.63, 3.8) is 0 Å². The van der Waals surface area contributed by atoms with E-state index in [2.05, 4.69) is 34.5 Å². The van der Waals surface area contributed by atoms with Crippen molar-refractivity contribution in [3.05, 3.63) is 101 Å². The Morgan fingerprint density at radius 2 is 1.48 bits per heavy atom. The van der Waals surface area contributed by atoms with Gasteiger partial charge in [-0.1, -0.05) is 54.6 Å². The molecule has 0 atom stereocenters. The maximum atomic E-state index is 12.4. The molecule has 0 saturated carbocycles. The third-order valence-electron chi connectivity index (χ3n) is 5.69. The van der Waals surface area contributed by atoms with Gasteiger partial charge in [0.1, 0.15) is 12.4 Å². The van der Waals surface area contributed by atoms with E-state index in [1.165, 1.54) is 37.1 Å². The molecule has 1 saturated heterocycles. The van der Waals surface area contributed by atoms with Crippen LogP contribution in [0.25, 0.3) is 0 Å². The van der Waals surface area contributed by atoms with Crippen LogP contribution in [0.1, 0.15) is 39.9 Å². The maximum absolute atomic E-state index is 12.4. The van der Waals surface area contributed by atoms with Crippen LogP contribution in [0, 0.1) is 0 Å². The van der Waals surface area contributed by atoms with Crippen LogP contribution < -0.4 is 10.1 Å². The fourth-order valence-electron chi connectivity index (χ4n) is 3.88. The average molecular weight is 415 g/mol. The summed E-state index contributed by atoms with van der Waals surface area (Å²) >= 11 is 0. The molecule has 1 fully saturated rings. The third kappa shape index (κ3) is 6.43. The smallest absolute Gasteiger partial charge is 0.251 e. The van der Waals surface area contributed by atoms with Crippen molar-refractivity contribution in [1.29, 1.82) is 0 Å². The molecule has 1 N–H and O–H groups in total. The predicted octanol–water partition coefficient (Wildman–Crippen LogP) is 4.83. The average Bonchev–Trinajstić information content (AvgIpc) is 3.33. The number of ether oxygens (including phenoxy) is 1. The zero-order valence-electron chi connectivity index (χ0n) is 17.9. The van der Waals surface area contributed by atoms with Crippen molar-refractivity contribution in [1.82, 2.24) is 10.2 Å². The summed E-state index contributed by atoms with van der Waals surface area (Å²) in [5.74, 6) is 0.703. The molecule has 31 heavy (non-hydrogen) atoms. The van der Waals surface area contributed by atoms with Gasteiger partial charge in [0.05, 0.1) is 0 Å². The second-order valence-corrected chi connectivity index (χ2v) is 8.10. The molecule has 4 nitrogen and oxygen atoms in total. The first-order valence-electron chi connectivity index (χ1n) is 11.1. The zero-order chi connectivity index (χ0) is 21.3. The van der Waals surface area contributed by atoms with Gasteiger partial charge in [-0.15, -0.1) is 0 Å². The van der Waals surface area contributed by atoms with Crippen molar-refractivity contribution in [2.75, 3.05) is 19.6 Å². The first-order valence-corrected chi connectivity index (χ1v) is 11.1. The van der Waals surface area contributed by atoms with E-state index in [1.807, 2.05) is 54.6 Å². The Morgan fingerprint density at radius 3 is 2.19 bits per heavy atom. The number of nitrogens with zero attached hydrogens (tertiary/aromatic N) is 1. The number of likely N-dealkylation sites (tertiary alicyclic amines) is 1. The second kappa shape index (κ2) is 10.8. The first kappa shape index (κ1) is 21.1. The van der Waals surface area contributed by atoms with Crippen molar-refractivity contribution < 1.29 is 9.53 Å². The van der Waals surface area contributed by atoms with Crippen LogP contribution in [0.2, 0.25) is 0 Å². The Balaban J connectivity index is 1.19. The Hall–Kier alpha value is -3.11. The molecule has 0 aliphatic carbocycles. The van der Waals surface area contributed by atoms with Crippen LogP contribution in [0.3, 0.4) is 0 Å². The van der Waals surface area contributed by atoms with E-state index in [-0.39, 0.29) is 5.91 Å². The van der Waals surface area contributed by atoms with Gasteiger partial charge in [0.2, 0.25) is 0 Å². The van der Waals surface area contributed by atoms with E-state index in [1.54, 1.807) is 0 Å². The van der Waals surface area contributed by atoms with Crippen LogP contribution in [-0.2, 0) is 19.6 Å². The van der Waals surface area contributed by atoms with E-state index in [4.69, 9.17) is 4.74 Å². The summed E-state index contributed by atoms with van der Waals surface area (Å²) < 4.78 is 5.78. The lowest BCUT2D eigenvalue weighted by Gasteiger charge is -2.14. The van der Waals surface area contributed by atoms with E-state index < -0.39 is 0 Å². The summed E-state index contributed by atoms with van der Waals surface area (Å²) in [5, 5.41) is 3.01. The SMILES string of the molecule is O=C(NCCc1ccc(CN2CCCC2)cc1)c1ccc(OCc2ccccc2)cc1. The predicted molar refractivity (Wildman–Crippen MR) is 124 cm³/mol. The van der Waals surface area contributed by atoms with Gasteiger partial charge in [-0.3, -0.25) is 9.69 Å². The van der Waals surface area contributed by atoms with Crippen LogP contribution in [0.15, 0.2) is 78.9 Å². The molecular formula is C27H30N2O2. The number of benzene rings is 3. The Labute approximate surface area is 184 Å². The molecule has 0 radical (unpaired) electrons. The molecule has 3 aromatic carbocycles. The van der Waals surface area contributed by atoms with Gasteiger partial charge < -0.3 is 10.1 Å². The minimum Gasteiger partial charge on any atom is -0.489 e. The van der Waals surface area contributed by atoms with Gasteiger partial charge in [-0.05, 0) is 73.3 Å². The summed E-state index contributed by atoms with van der Waals surface area (Å²) in [4.78, 5) is 14.9. The molecule has 3 aromatic rings. The molecule has 0 bridgehead atoms. The topological polar surface area (TPSA) is 41.6 Å². The molecule has 0 unspecified atom stereocenters. The molecule has 0 spiro atoms. The zero-order valence-corrected chi connectivity index (χ0v) is 17.9. The number of hydrogen-bond acceptors (Lipinski definition) is 3. The van der Waals surface area contributed by atoms with Gasteiger partial charge in [-0.25, -0.2) is 0 Å². The number of carbonyl (C=O) groups is 1. The monoisotopic (exact) mass is 414 g/mol. The lowest BCUT2D eigenvalue weighted by molar-refractivity contribution is 0.0954. The normalized spacial score (nSPS) is 13.8. The van der Waals surface area contributed by atoms with Gasteiger partial charge in [0, 0.05) is 18.7 Å². The largest absolute Gasteiger partial charge is 0.489 e. The van der Waals surface area contributed by atoms with Crippen molar-refractivity contribution >= 4 is 5.91 Å². The molecule has 1 aliphatic heterocycles. The van der Waals surface area contributed by atoms with E-state index in [0.717, 1.165) is 24.3 Å². The van der Waals surface area contributed by atoms with E-state index in [9.17, 15) is 4.79 Å². The Bertz CT molecular complexity index is 947. The Kier molecular flexibility index (Phi) is 7.35. The lowest BCUT2D eigenvalue weighted by atomic mass is 10.1. The van der Waals surface area contributed by atoms with Gasteiger partial charge in [0.25, 0.3) is 5.91 Å². The molecule has 1 aliphatic rings. The van der Waals surface area contributed by atoms with Crippen molar-refractivity contribution in [2.45, 2.75) is 32.4 Å². The highest BCUT2D eigenvalue weighted by Crippen LogP contribution is 2.15. The highest BCUT2D eigenvalue weighted by molar-refractivity contribution is 5.94. The van der Waals surface area contributed by atoms with Gasteiger partial charge in [0.15, 0.2) is 0 Å². The van der Waals surface area contributed by atoms with Crippen molar-refractivity contribution in [3.8, 4) is 5.75 Å². The maximum Gasteiger partial charge on any atom is 0.251 e. The molecule has 4 rings (SSSR count). The van der Waals surface area contributed by atoms with Crippen LogP contribution in [0.5, 0.6) is 5.75 Å². The summed E-state index contributed by atoms with van der Waals surface area (Å²) in [6.45, 7) is 4.61. The summed E-state index contributed by atoms with van der Waals surface area (Å²) in [5.41, 5.74) is 4.38. The number of nitrogens with one attached hydrogen (secondary N) is 1. The third-order valence-corrected chi connectivity index (χ3v) is 5.69. The van der Waals surface area contributed by atoms with E-state index in [0.29, 0.717) is 18.7 Å². The number of rotatable bonds is 9. The quantitative estimate of drug-likeness (QED) is 0.545. The van der Waals surface area contributed by atoms with Crippen LogP contribution in [0.4, 0.5) is 0 Å². The fourth-order valence-corrected chi connectivity index (χ4v) is 3.88. The number of carbonyl (C=O) groups excluding carboxylic acids is 1. The minimum atomic E-state index is -0.0553. The molecule has 0 aromatic heterocycles. The number of hydrogen-bond donors (Lipinski definition) is 1. The minimum absolute atomic E-state index is 0.0553. The summed E-state index contributed by atoms with van der Waals surface area (Å²) in [6, 6.07) is 26.1. The summed E-state index contributed by atoms with van der Waals surface area (Å²) in [7, 11) is 0. The summed E-state index contributed by atoms with van der Waals surface area (Å²) in [6.07, 6.45) is 3.47. The van der Waals surface area contributed by atoms with Gasteiger partial charge in [-0.2, -0.15) is 0 Å². The lowest BCUT2D eigenvalue weighted by Crippen LogP contribution is -2.25. The first-order chi connectivity index (χ1) is 15.3. The van der Waals surface area contributed by atoms with Gasteiger partial charge >= 0.3 is 0 Å². The second-order valence-electron chi connectivity index (χ2n) is 8.10. The van der Waals surface area contributed by atoms with E-state index >= 15 is 0 Å². The highest BCUT2D eigenvalue weighted by atomic mass is 16.5. The van der Waals surface area contributed by atoms with Crippen LogP contribution in [-0.4, -0.2) is 30.4 Å². The van der Waals surface area contributed by atoms with Crippen LogP contribution >= 0.6 is 0 Å². The highest BCUT2D eigenvalue weighted by Gasteiger charge is 2.11. The molecule has 1 heterocycles. The number of amides is 1. The van der Waals surface area contributed by atoms with Crippen molar-refractivity contribution in [2.24, 2.45) is 0 Å². The molecular weight excluding hydrogens is 384 g/mol. The fraction of sp³-hybridized carbons (Fsp3) is 0.296. The molecule has 160 valence electrons.